The zero-order valence-corrected chi connectivity index (χ0v) is 12.2. The highest BCUT2D eigenvalue weighted by atomic mass is 19.1. The molecule has 0 amide bonds. The Balaban J connectivity index is 2.49. The lowest BCUT2D eigenvalue weighted by Crippen LogP contribution is -2.07. The molecule has 0 fully saturated rings. The molecule has 2 rings (SSSR count). The minimum atomic E-state index is -1.28. The van der Waals surface area contributed by atoms with Crippen molar-refractivity contribution in [3.05, 3.63) is 41.0 Å². The van der Waals surface area contributed by atoms with Gasteiger partial charge in [0, 0.05) is 18.4 Å². The molecule has 6 heteroatoms. The maximum Gasteiger partial charge on any atom is 0.338 e. The van der Waals surface area contributed by atoms with Gasteiger partial charge < -0.3 is 9.84 Å². The number of carboxylic acids is 1. The zero-order chi connectivity index (χ0) is 15.6. The second kappa shape index (κ2) is 6.05. The number of ether oxygens (including phenoxy) is 1. The van der Waals surface area contributed by atoms with Gasteiger partial charge >= 0.3 is 5.97 Å². The fourth-order valence-electron chi connectivity index (χ4n) is 2.35. The van der Waals surface area contributed by atoms with Crippen LogP contribution in [0.2, 0.25) is 0 Å². The van der Waals surface area contributed by atoms with Crippen LogP contribution in [-0.2, 0) is 11.3 Å². The Bertz CT molecular complexity index is 680. The number of carboxylic acid groups (broad SMARTS) is 1. The van der Waals surface area contributed by atoms with Crippen LogP contribution in [0.1, 0.15) is 21.7 Å². The van der Waals surface area contributed by atoms with Gasteiger partial charge in [-0.15, -0.1) is 0 Å². The Morgan fingerprint density at radius 2 is 2.14 bits per heavy atom. The van der Waals surface area contributed by atoms with E-state index >= 15 is 0 Å². The normalized spacial score (nSPS) is 10.9. The summed E-state index contributed by atoms with van der Waals surface area (Å²) >= 11 is 0. The molecule has 0 aliphatic rings. The third-order valence-electron chi connectivity index (χ3n) is 3.37. The molecule has 0 radical (unpaired) electrons. The van der Waals surface area contributed by atoms with Crippen LogP contribution in [0.5, 0.6) is 0 Å². The van der Waals surface area contributed by atoms with E-state index in [4.69, 9.17) is 9.84 Å². The molecule has 1 aromatic heterocycles. The van der Waals surface area contributed by atoms with Gasteiger partial charge in [0.2, 0.25) is 0 Å². The molecule has 0 aliphatic heterocycles. The molecular formula is C15H17FN2O3. The van der Waals surface area contributed by atoms with Gasteiger partial charge in [-0.25, -0.2) is 9.18 Å². The predicted molar refractivity (Wildman–Crippen MR) is 75.9 cm³/mol. The van der Waals surface area contributed by atoms with Gasteiger partial charge in [-0.1, -0.05) is 6.07 Å². The smallest absolute Gasteiger partial charge is 0.338 e. The number of carbonyl (C=O) groups is 1. The van der Waals surface area contributed by atoms with Crippen molar-refractivity contribution >= 4 is 5.97 Å². The molecule has 1 aromatic carbocycles. The van der Waals surface area contributed by atoms with Crippen LogP contribution in [-0.4, -0.2) is 34.6 Å². The number of benzene rings is 1. The minimum Gasteiger partial charge on any atom is -0.478 e. The summed E-state index contributed by atoms with van der Waals surface area (Å²) in [5.41, 5.74) is 2.80. The average molecular weight is 292 g/mol. The minimum absolute atomic E-state index is 0.337. The van der Waals surface area contributed by atoms with Crippen LogP contribution < -0.4 is 0 Å². The Hall–Kier alpha value is -2.21. The lowest BCUT2D eigenvalue weighted by molar-refractivity contribution is 0.0692. The van der Waals surface area contributed by atoms with E-state index in [1.54, 1.807) is 17.9 Å². The quantitative estimate of drug-likeness (QED) is 0.920. The van der Waals surface area contributed by atoms with Crippen LogP contribution in [0.3, 0.4) is 0 Å². The first-order valence-electron chi connectivity index (χ1n) is 6.52. The summed E-state index contributed by atoms with van der Waals surface area (Å²) in [5.74, 6) is -2.02. The molecule has 1 N–H and O–H groups in total. The molecule has 0 unspecified atom stereocenters. The summed E-state index contributed by atoms with van der Waals surface area (Å²) in [6, 6.07) is 4.08. The number of hydrogen-bond acceptors (Lipinski definition) is 3. The van der Waals surface area contributed by atoms with Gasteiger partial charge in [0.1, 0.15) is 5.82 Å². The fraction of sp³-hybridized carbons (Fsp3) is 0.333. The van der Waals surface area contributed by atoms with Gasteiger partial charge in [-0.2, -0.15) is 5.10 Å². The van der Waals surface area contributed by atoms with Crippen LogP contribution in [0.15, 0.2) is 18.2 Å². The van der Waals surface area contributed by atoms with Gasteiger partial charge in [0.25, 0.3) is 0 Å². The molecule has 1 heterocycles. The van der Waals surface area contributed by atoms with Crippen molar-refractivity contribution < 1.29 is 19.0 Å². The summed E-state index contributed by atoms with van der Waals surface area (Å²) in [6.07, 6.45) is 0. The number of halogens is 1. The number of aromatic nitrogens is 2. The van der Waals surface area contributed by atoms with Crippen LogP contribution in [0.4, 0.5) is 4.39 Å². The summed E-state index contributed by atoms with van der Waals surface area (Å²) < 4.78 is 20.3. The third kappa shape index (κ3) is 2.95. The number of nitrogens with zero attached hydrogens (tertiary/aromatic N) is 2. The molecule has 0 spiro atoms. The van der Waals surface area contributed by atoms with Gasteiger partial charge in [0.15, 0.2) is 0 Å². The summed E-state index contributed by atoms with van der Waals surface area (Å²) in [5, 5.41) is 13.4. The lowest BCUT2D eigenvalue weighted by Gasteiger charge is -2.06. The van der Waals surface area contributed by atoms with Crippen molar-refractivity contribution in [3.8, 4) is 11.1 Å². The molecule has 0 saturated carbocycles. The second-order valence-corrected chi connectivity index (χ2v) is 4.76. The maximum atomic E-state index is 13.5. The SMILES string of the molecule is COCCn1nc(C)c(-c2ccc(F)c(C(=O)O)c2)c1C. The zero-order valence-electron chi connectivity index (χ0n) is 12.2. The van der Waals surface area contributed by atoms with Crippen molar-refractivity contribution in [2.24, 2.45) is 0 Å². The van der Waals surface area contributed by atoms with Crippen molar-refractivity contribution in [3.63, 3.8) is 0 Å². The average Bonchev–Trinajstić information content (AvgIpc) is 2.72. The van der Waals surface area contributed by atoms with Crippen molar-refractivity contribution in [2.75, 3.05) is 13.7 Å². The number of rotatable bonds is 5. The van der Waals surface area contributed by atoms with Crippen molar-refractivity contribution in [1.82, 2.24) is 9.78 Å². The predicted octanol–water partition coefficient (Wildman–Crippen LogP) is 2.65. The highest BCUT2D eigenvalue weighted by Gasteiger charge is 2.17. The molecule has 0 bridgehead atoms. The van der Waals surface area contributed by atoms with E-state index in [9.17, 15) is 9.18 Å². The highest BCUT2D eigenvalue weighted by Crippen LogP contribution is 2.28. The first kappa shape index (κ1) is 15.2. The number of methoxy groups -OCH3 is 1. The van der Waals surface area contributed by atoms with E-state index in [1.165, 1.54) is 12.1 Å². The molecule has 0 atom stereocenters. The lowest BCUT2D eigenvalue weighted by atomic mass is 10.0. The van der Waals surface area contributed by atoms with E-state index in [1.807, 2.05) is 13.8 Å². The first-order chi connectivity index (χ1) is 9.95. The molecule has 2 aromatic rings. The van der Waals surface area contributed by atoms with Gasteiger partial charge in [0.05, 0.1) is 24.4 Å². The summed E-state index contributed by atoms with van der Waals surface area (Å²) in [6.45, 7) is 4.88. The summed E-state index contributed by atoms with van der Waals surface area (Å²) in [4.78, 5) is 11.0. The third-order valence-corrected chi connectivity index (χ3v) is 3.37. The molecule has 0 aliphatic carbocycles. The Morgan fingerprint density at radius 1 is 1.43 bits per heavy atom. The summed E-state index contributed by atoms with van der Waals surface area (Å²) in [7, 11) is 1.62. The topological polar surface area (TPSA) is 64.4 Å². The Kier molecular flexibility index (Phi) is 4.37. The van der Waals surface area contributed by atoms with Crippen LogP contribution in [0.25, 0.3) is 11.1 Å². The van der Waals surface area contributed by atoms with E-state index in [0.717, 1.165) is 17.0 Å². The van der Waals surface area contributed by atoms with Crippen molar-refractivity contribution in [2.45, 2.75) is 20.4 Å². The largest absolute Gasteiger partial charge is 0.478 e. The molecule has 0 saturated heterocycles. The number of hydrogen-bond donors (Lipinski definition) is 1. The standard InChI is InChI=1S/C15H17FN2O3/c1-9-14(10(2)18(17-9)6-7-21-3)11-4-5-13(16)12(8-11)15(19)20/h4-5,8H,6-7H2,1-3H3,(H,19,20). The Morgan fingerprint density at radius 3 is 2.76 bits per heavy atom. The van der Waals surface area contributed by atoms with E-state index in [0.29, 0.717) is 18.7 Å². The maximum absolute atomic E-state index is 13.5. The fourth-order valence-corrected chi connectivity index (χ4v) is 2.35. The first-order valence-corrected chi connectivity index (χ1v) is 6.52. The van der Waals surface area contributed by atoms with E-state index in [-0.39, 0.29) is 5.56 Å². The molecule has 5 nitrogen and oxygen atoms in total. The second-order valence-electron chi connectivity index (χ2n) is 4.76. The number of aryl methyl sites for hydroxylation is 1. The number of aromatic carboxylic acids is 1. The molecule has 21 heavy (non-hydrogen) atoms. The van der Waals surface area contributed by atoms with Crippen molar-refractivity contribution in [1.29, 1.82) is 0 Å². The van der Waals surface area contributed by atoms with Crippen LogP contribution >= 0.6 is 0 Å². The Labute approximate surface area is 122 Å². The molecular weight excluding hydrogens is 275 g/mol. The van der Waals surface area contributed by atoms with E-state index < -0.39 is 11.8 Å². The highest BCUT2D eigenvalue weighted by molar-refractivity contribution is 5.90. The van der Waals surface area contributed by atoms with E-state index in [2.05, 4.69) is 5.10 Å². The van der Waals surface area contributed by atoms with Gasteiger partial charge in [-0.05, 0) is 31.5 Å². The monoisotopic (exact) mass is 292 g/mol. The van der Waals surface area contributed by atoms with Crippen LogP contribution in [0, 0.1) is 19.7 Å². The molecule has 112 valence electrons. The van der Waals surface area contributed by atoms with Gasteiger partial charge in [-0.3, -0.25) is 4.68 Å².